The van der Waals surface area contributed by atoms with Crippen LogP contribution in [0.4, 0.5) is 5.69 Å². The summed E-state index contributed by atoms with van der Waals surface area (Å²) < 4.78 is 0. The summed E-state index contributed by atoms with van der Waals surface area (Å²) in [7, 11) is 0. The van der Waals surface area contributed by atoms with Gasteiger partial charge in [-0.25, -0.2) is 14.6 Å². The maximum atomic E-state index is 12.1. The summed E-state index contributed by atoms with van der Waals surface area (Å²) in [6.45, 7) is 0. The number of carbonyl (C=O) groups excluding carboxylic acids is 1. The van der Waals surface area contributed by atoms with Gasteiger partial charge in [-0.2, -0.15) is 0 Å². The number of benzene rings is 2. The molecule has 130 valence electrons. The van der Waals surface area contributed by atoms with Crippen molar-refractivity contribution in [3.63, 3.8) is 0 Å². The number of nitrogens with one attached hydrogen (secondary N) is 1. The Morgan fingerprint density at radius 1 is 1.00 bits per heavy atom. The highest BCUT2D eigenvalue weighted by molar-refractivity contribution is 8.18. The number of thioether (sulfide) groups is 1. The highest BCUT2D eigenvalue weighted by atomic mass is 32.2. The van der Waals surface area contributed by atoms with Crippen LogP contribution in [0.25, 0.3) is 6.08 Å². The van der Waals surface area contributed by atoms with Crippen LogP contribution in [0.5, 0.6) is 0 Å². The summed E-state index contributed by atoms with van der Waals surface area (Å²) in [6, 6.07) is 12.8. The van der Waals surface area contributed by atoms with Gasteiger partial charge in [0.15, 0.2) is 5.17 Å². The van der Waals surface area contributed by atoms with Crippen LogP contribution in [0, 0.1) is 0 Å². The first kappa shape index (κ1) is 17.4. The van der Waals surface area contributed by atoms with E-state index in [1.54, 1.807) is 6.08 Å². The van der Waals surface area contributed by atoms with Crippen molar-refractivity contribution in [2.75, 3.05) is 0 Å². The van der Waals surface area contributed by atoms with Crippen LogP contribution in [0.2, 0.25) is 0 Å². The van der Waals surface area contributed by atoms with Crippen LogP contribution in [0.3, 0.4) is 0 Å². The quantitative estimate of drug-likeness (QED) is 0.715. The normalized spacial score (nSPS) is 16.7. The van der Waals surface area contributed by atoms with E-state index in [-0.39, 0.29) is 27.9 Å². The van der Waals surface area contributed by atoms with Crippen LogP contribution in [-0.4, -0.2) is 33.2 Å². The van der Waals surface area contributed by atoms with E-state index in [0.717, 1.165) is 23.4 Å². The number of hydrogen-bond donors (Lipinski definition) is 3. The van der Waals surface area contributed by atoms with E-state index in [9.17, 15) is 14.4 Å². The minimum absolute atomic E-state index is 0.131. The Morgan fingerprint density at radius 2 is 1.62 bits per heavy atom. The van der Waals surface area contributed by atoms with Crippen LogP contribution in [0.1, 0.15) is 26.3 Å². The number of carboxylic acids is 2. The molecule has 1 aliphatic rings. The van der Waals surface area contributed by atoms with Crippen molar-refractivity contribution in [1.82, 2.24) is 5.32 Å². The van der Waals surface area contributed by atoms with E-state index in [2.05, 4.69) is 10.3 Å². The Morgan fingerprint density at radius 3 is 2.19 bits per heavy atom. The molecule has 2 aromatic rings. The topological polar surface area (TPSA) is 116 Å². The number of carbonyl (C=O) groups is 3. The van der Waals surface area contributed by atoms with Crippen molar-refractivity contribution in [1.29, 1.82) is 0 Å². The van der Waals surface area contributed by atoms with Gasteiger partial charge in [-0.05, 0) is 41.6 Å². The molecule has 0 unspecified atom stereocenters. The molecule has 1 fully saturated rings. The second kappa shape index (κ2) is 7.24. The molecule has 3 rings (SSSR count). The van der Waals surface area contributed by atoms with Crippen molar-refractivity contribution < 1.29 is 24.6 Å². The molecule has 7 nitrogen and oxygen atoms in total. The first-order valence-corrected chi connectivity index (χ1v) is 8.20. The maximum absolute atomic E-state index is 12.1. The number of carboxylic acid groups (broad SMARTS) is 2. The highest BCUT2D eigenvalue weighted by Crippen LogP contribution is 2.28. The molecule has 0 spiro atoms. The third kappa shape index (κ3) is 3.98. The molecule has 26 heavy (non-hydrogen) atoms. The third-order valence-electron chi connectivity index (χ3n) is 3.39. The Hall–Kier alpha value is -3.39. The Balaban J connectivity index is 1.92. The van der Waals surface area contributed by atoms with Gasteiger partial charge in [-0.15, -0.1) is 0 Å². The molecule has 0 aromatic heterocycles. The lowest BCUT2D eigenvalue weighted by Crippen LogP contribution is -2.19. The molecule has 3 N–H and O–H groups in total. The van der Waals surface area contributed by atoms with Gasteiger partial charge < -0.3 is 15.5 Å². The summed E-state index contributed by atoms with van der Waals surface area (Å²) in [6.07, 6.45) is 1.71. The Bertz CT molecular complexity index is 935. The number of rotatable bonds is 4. The zero-order chi connectivity index (χ0) is 18.7. The molecule has 0 radical (unpaired) electrons. The van der Waals surface area contributed by atoms with Crippen LogP contribution < -0.4 is 5.32 Å². The second-order valence-corrected chi connectivity index (χ2v) is 6.30. The molecule has 1 heterocycles. The van der Waals surface area contributed by atoms with E-state index >= 15 is 0 Å². The fourth-order valence-corrected chi connectivity index (χ4v) is 3.06. The van der Waals surface area contributed by atoms with Gasteiger partial charge in [0.05, 0.1) is 21.7 Å². The minimum Gasteiger partial charge on any atom is -0.478 e. The molecule has 2 aromatic carbocycles. The molecule has 0 atom stereocenters. The number of hydrogen-bond acceptors (Lipinski definition) is 5. The van der Waals surface area contributed by atoms with Gasteiger partial charge in [0.25, 0.3) is 5.91 Å². The lowest BCUT2D eigenvalue weighted by atomic mass is 10.1. The molecule has 0 bridgehead atoms. The van der Waals surface area contributed by atoms with E-state index < -0.39 is 11.9 Å². The van der Waals surface area contributed by atoms with Crippen molar-refractivity contribution in [2.45, 2.75) is 0 Å². The van der Waals surface area contributed by atoms with Gasteiger partial charge >= 0.3 is 11.9 Å². The van der Waals surface area contributed by atoms with Crippen molar-refractivity contribution in [3.8, 4) is 0 Å². The van der Waals surface area contributed by atoms with Crippen LogP contribution >= 0.6 is 11.8 Å². The van der Waals surface area contributed by atoms with Crippen molar-refractivity contribution in [3.05, 3.63) is 70.1 Å². The van der Waals surface area contributed by atoms with Crippen LogP contribution in [0.15, 0.2) is 58.4 Å². The molecule has 0 saturated carbocycles. The van der Waals surface area contributed by atoms with Crippen molar-refractivity contribution in [2.24, 2.45) is 4.99 Å². The van der Waals surface area contributed by atoms with E-state index in [1.165, 1.54) is 12.1 Å². The first-order chi connectivity index (χ1) is 12.4. The summed E-state index contributed by atoms with van der Waals surface area (Å²) in [5, 5.41) is 21.0. The third-order valence-corrected chi connectivity index (χ3v) is 4.30. The number of nitrogens with zero attached hydrogens (tertiary/aromatic N) is 1. The minimum atomic E-state index is -1.26. The number of amides is 1. The second-order valence-electron chi connectivity index (χ2n) is 5.27. The molecule has 1 saturated heterocycles. The monoisotopic (exact) mass is 368 g/mol. The summed E-state index contributed by atoms with van der Waals surface area (Å²) >= 11 is 1.09. The largest absolute Gasteiger partial charge is 0.478 e. The van der Waals surface area contributed by atoms with E-state index in [1.807, 2.05) is 30.3 Å². The zero-order valence-corrected chi connectivity index (χ0v) is 14.0. The van der Waals surface area contributed by atoms with Gasteiger partial charge in [0, 0.05) is 0 Å². The summed E-state index contributed by atoms with van der Waals surface area (Å²) in [5.41, 5.74) is 0.593. The maximum Gasteiger partial charge on any atom is 0.335 e. The average molecular weight is 368 g/mol. The fraction of sp³-hybridized carbons (Fsp3) is 0. The number of aliphatic imine (C=N–C) groups is 1. The average Bonchev–Trinajstić information content (AvgIpc) is 2.94. The SMILES string of the molecule is O=C1NC(=Nc2cc(C(=O)O)cc(C(=O)O)c2)SC1=Cc1ccccc1. The first-order valence-electron chi connectivity index (χ1n) is 7.39. The van der Waals surface area contributed by atoms with Gasteiger partial charge in [-0.1, -0.05) is 30.3 Å². The Labute approximate surface area is 152 Å². The molecule has 1 amide bonds. The number of aromatic carboxylic acids is 2. The van der Waals surface area contributed by atoms with Gasteiger partial charge in [0.1, 0.15) is 0 Å². The smallest absolute Gasteiger partial charge is 0.335 e. The molecule has 1 aliphatic heterocycles. The number of amidine groups is 1. The summed E-state index contributed by atoms with van der Waals surface area (Å²) in [4.78, 5) is 39.0. The molecule has 0 aliphatic carbocycles. The lowest BCUT2D eigenvalue weighted by Gasteiger charge is -2.02. The highest BCUT2D eigenvalue weighted by Gasteiger charge is 2.24. The molecular weight excluding hydrogens is 356 g/mol. The van der Waals surface area contributed by atoms with E-state index in [4.69, 9.17) is 10.2 Å². The van der Waals surface area contributed by atoms with Gasteiger partial charge in [0.2, 0.25) is 0 Å². The zero-order valence-electron chi connectivity index (χ0n) is 13.2. The summed E-state index contributed by atoms with van der Waals surface area (Å²) in [5.74, 6) is -2.85. The van der Waals surface area contributed by atoms with Crippen LogP contribution in [-0.2, 0) is 4.79 Å². The predicted molar refractivity (Wildman–Crippen MR) is 97.6 cm³/mol. The predicted octanol–water partition coefficient (Wildman–Crippen LogP) is 2.97. The van der Waals surface area contributed by atoms with E-state index in [0.29, 0.717) is 4.91 Å². The molecule has 8 heteroatoms. The Kier molecular flexibility index (Phi) is 4.85. The standard InChI is InChI=1S/C18H12N2O5S/c21-15-14(6-10-4-2-1-3-5-10)26-18(20-15)19-13-8-11(16(22)23)7-12(9-13)17(24)25/h1-9H,(H,22,23)(H,24,25)(H,19,20,21). The molecular formula is C18H12N2O5S. The van der Waals surface area contributed by atoms with Crippen molar-refractivity contribution >= 4 is 46.5 Å². The lowest BCUT2D eigenvalue weighted by molar-refractivity contribution is -0.115. The van der Waals surface area contributed by atoms with Gasteiger partial charge in [-0.3, -0.25) is 4.79 Å². The fourth-order valence-electron chi connectivity index (χ4n) is 2.22.